The van der Waals surface area contributed by atoms with E-state index in [1.54, 1.807) is 0 Å². The fourth-order valence-electron chi connectivity index (χ4n) is 2.47. The molecule has 1 saturated heterocycles. The number of benzene rings is 1. The van der Waals surface area contributed by atoms with Crippen LogP contribution in [0, 0.1) is 6.92 Å². The van der Waals surface area contributed by atoms with Gasteiger partial charge in [-0.25, -0.2) is 0 Å². The first-order chi connectivity index (χ1) is 8.18. The average molecular weight is 252 g/mol. The van der Waals surface area contributed by atoms with Crippen LogP contribution in [0.3, 0.4) is 0 Å². The zero-order valence-corrected chi connectivity index (χ0v) is 10.4. The molecule has 1 atom stereocenters. The molecule has 2 aliphatic heterocycles. The third-order valence-electron chi connectivity index (χ3n) is 3.26. The third-order valence-corrected chi connectivity index (χ3v) is 3.56. The maximum atomic E-state index is 9.97. The Morgan fingerprint density at radius 2 is 2.29 bits per heavy atom. The van der Waals surface area contributed by atoms with Crippen molar-refractivity contribution in [2.24, 2.45) is 4.99 Å². The lowest BCUT2D eigenvalue weighted by Crippen LogP contribution is -2.33. The van der Waals surface area contributed by atoms with E-state index >= 15 is 0 Å². The summed E-state index contributed by atoms with van der Waals surface area (Å²) in [6.07, 6.45) is -0.480. The summed E-state index contributed by atoms with van der Waals surface area (Å²) in [5, 5.41) is 10.7. The Bertz CT molecular complexity index is 468. The van der Waals surface area contributed by atoms with E-state index in [0.29, 0.717) is 11.6 Å². The number of para-hydroxylation sites is 1. The number of guanidine groups is 1. The van der Waals surface area contributed by atoms with Gasteiger partial charge in [0.2, 0.25) is 5.96 Å². The predicted octanol–water partition coefficient (Wildman–Crippen LogP) is 1.46. The smallest absolute Gasteiger partial charge is 0.203 e. The summed E-state index contributed by atoms with van der Waals surface area (Å²) in [6, 6.07) is 5.82. The molecule has 0 radical (unpaired) electrons. The monoisotopic (exact) mass is 251 g/mol. The molecule has 0 spiro atoms. The largest absolute Gasteiger partial charge is 0.372 e. The molecule has 1 fully saturated rings. The van der Waals surface area contributed by atoms with E-state index in [1.807, 2.05) is 34.9 Å². The Hall–Kier alpha value is -1.26. The summed E-state index contributed by atoms with van der Waals surface area (Å²) in [7, 11) is 0. The van der Waals surface area contributed by atoms with Crippen LogP contribution in [0.25, 0.3) is 0 Å². The number of rotatable bonds is 1. The number of aliphatic hydroxyl groups excluding tert-OH is 1. The van der Waals surface area contributed by atoms with Gasteiger partial charge in [0.05, 0.1) is 23.8 Å². The van der Waals surface area contributed by atoms with Gasteiger partial charge in [-0.2, -0.15) is 0 Å². The lowest BCUT2D eigenvalue weighted by Gasteiger charge is -2.21. The quantitative estimate of drug-likeness (QED) is 0.821. The highest BCUT2D eigenvalue weighted by Gasteiger charge is 2.38. The summed E-state index contributed by atoms with van der Waals surface area (Å²) >= 11 is 6.25. The average Bonchev–Trinajstić information content (AvgIpc) is 2.84. The van der Waals surface area contributed by atoms with Gasteiger partial charge in [0.1, 0.15) is 6.23 Å². The Morgan fingerprint density at radius 3 is 3.06 bits per heavy atom. The molecule has 1 aromatic rings. The summed E-state index contributed by atoms with van der Waals surface area (Å²) in [5.74, 6) is 0.841. The summed E-state index contributed by atoms with van der Waals surface area (Å²) in [5.41, 5.74) is 2.05. The van der Waals surface area contributed by atoms with E-state index < -0.39 is 6.23 Å². The molecule has 17 heavy (non-hydrogen) atoms. The first-order valence-electron chi connectivity index (χ1n) is 5.70. The highest BCUT2D eigenvalue weighted by Crippen LogP contribution is 2.33. The van der Waals surface area contributed by atoms with E-state index in [2.05, 4.69) is 4.99 Å². The van der Waals surface area contributed by atoms with Crippen molar-refractivity contribution in [3.63, 3.8) is 0 Å². The predicted molar refractivity (Wildman–Crippen MR) is 68.5 cm³/mol. The van der Waals surface area contributed by atoms with Crippen LogP contribution in [0.1, 0.15) is 5.56 Å². The number of hydrogen-bond donors (Lipinski definition) is 1. The number of hydrogen-bond acceptors (Lipinski definition) is 4. The van der Waals surface area contributed by atoms with Gasteiger partial charge in [-0.15, -0.1) is 0 Å². The summed E-state index contributed by atoms with van der Waals surface area (Å²) < 4.78 is 0. The van der Waals surface area contributed by atoms with E-state index in [4.69, 9.17) is 11.6 Å². The van der Waals surface area contributed by atoms with Crippen LogP contribution < -0.4 is 4.90 Å². The minimum absolute atomic E-state index is 0.480. The Kier molecular flexibility index (Phi) is 2.49. The van der Waals surface area contributed by atoms with Crippen molar-refractivity contribution in [3.05, 3.63) is 28.8 Å². The van der Waals surface area contributed by atoms with Crippen molar-refractivity contribution >= 4 is 23.2 Å². The molecule has 90 valence electrons. The number of halogens is 1. The number of aliphatic hydroxyl groups is 1. The fourth-order valence-corrected chi connectivity index (χ4v) is 2.79. The van der Waals surface area contributed by atoms with Crippen LogP contribution in [-0.2, 0) is 0 Å². The van der Waals surface area contributed by atoms with Gasteiger partial charge in [0, 0.05) is 6.54 Å². The molecule has 5 heteroatoms. The van der Waals surface area contributed by atoms with Crippen LogP contribution in [0.5, 0.6) is 0 Å². The van der Waals surface area contributed by atoms with Gasteiger partial charge in [-0.05, 0) is 18.6 Å². The third kappa shape index (κ3) is 1.59. The van der Waals surface area contributed by atoms with Crippen LogP contribution in [0.4, 0.5) is 5.69 Å². The van der Waals surface area contributed by atoms with Crippen molar-refractivity contribution < 1.29 is 5.11 Å². The molecular formula is C12H14ClN3O. The molecule has 1 aromatic carbocycles. The molecule has 3 rings (SSSR count). The number of aliphatic imine (C=N–C) groups is 1. The first kappa shape index (κ1) is 10.9. The molecule has 4 nitrogen and oxygen atoms in total. The SMILES string of the molecule is Cc1cccc(Cl)c1N1CC(O)N2CCN=C12. The zero-order valence-electron chi connectivity index (χ0n) is 9.60. The van der Waals surface area contributed by atoms with Gasteiger partial charge in [-0.3, -0.25) is 4.99 Å². The molecule has 0 bridgehead atoms. The lowest BCUT2D eigenvalue weighted by atomic mass is 10.2. The van der Waals surface area contributed by atoms with E-state index in [0.717, 1.165) is 30.3 Å². The van der Waals surface area contributed by atoms with Crippen molar-refractivity contribution in [1.29, 1.82) is 0 Å². The van der Waals surface area contributed by atoms with Crippen molar-refractivity contribution in [1.82, 2.24) is 4.90 Å². The number of fused-ring (bicyclic) bond motifs is 1. The van der Waals surface area contributed by atoms with Crippen molar-refractivity contribution in [2.75, 3.05) is 24.5 Å². The maximum Gasteiger partial charge on any atom is 0.203 e. The molecule has 2 heterocycles. The molecule has 1 N–H and O–H groups in total. The van der Waals surface area contributed by atoms with Crippen LogP contribution in [0.15, 0.2) is 23.2 Å². The Morgan fingerprint density at radius 1 is 1.47 bits per heavy atom. The minimum Gasteiger partial charge on any atom is -0.372 e. The van der Waals surface area contributed by atoms with Gasteiger partial charge >= 0.3 is 0 Å². The topological polar surface area (TPSA) is 39.1 Å². The van der Waals surface area contributed by atoms with Crippen molar-refractivity contribution in [2.45, 2.75) is 13.2 Å². The highest BCUT2D eigenvalue weighted by molar-refractivity contribution is 6.34. The lowest BCUT2D eigenvalue weighted by molar-refractivity contribution is 0.0859. The van der Waals surface area contributed by atoms with Gasteiger partial charge in [0.15, 0.2) is 0 Å². The summed E-state index contributed by atoms with van der Waals surface area (Å²) in [4.78, 5) is 8.37. The van der Waals surface area contributed by atoms with E-state index in [1.165, 1.54) is 0 Å². The Balaban J connectivity index is 2.05. The number of nitrogens with zero attached hydrogens (tertiary/aromatic N) is 3. The normalized spacial score (nSPS) is 23.0. The maximum absolute atomic E-state index is 9.97. The fraction of sp³-hybridized carbons (Fsp3) is 0.417. The second-order valence-corrected chi connectivity index (χ2v) is 4.78. The molecule has 0 amide bonds. The van der Waals surface area contributed by atoms with Gasteiger partial charge < -0.3 is 14.9 Å². The van der Waals surface area contributed by atoms with E-state index in [9.17, 15) is 5.11 Å². The molecule has 0 saturated carbocycles. The van der Waals surface area contributed by atoms with Crippen LogP contribution in [-0.4, -0.2) is 41.8 Å². The Labute approximate surface area is 105 Å². The number of β-amino-alcohol motifs (C(OH)–C–C–N with tert-alkyl or cyclic N) is 1. The van der Waals surface area contributed by atoms with E-state index in [-0.39, 0.29) is 0 Å². The standard InChI is InChI=1S/C12H14ClN3O/c1-8-3-2-4-9(13)11(8)16-7-10(17)15-6-5-14-12(15)16/h2-4,10,17H,5-7H2,1H3. The summed E-state index contributed by atoms with van der Waals surface area (Å²) in [6.45, 7) is 4.08. The first-order valence-corrected chi connectivity index (χ1v) is 6.08. The number of aryl methyl sites for hydroxylation is 1. The molecule has 1 unspecified atom stereocenters. The molecular weight excluding hydrogens is 238 g/mol. The van der Waals surface area contributed by atoms with Crippen molar-refractivity contribution in [3.8, 4) is 0 Å². The minimum atomic E-state index is -0.480. The highest BCUT2D eigenvalue weighted by atomic mass is 35.5. The van der Waals surface area contributed by atoms with Gasteiger partial charge in [0.25, 0.3) is 0 Å². The van der Waals surface area contributed by atoms with Crippen LogP contribution in [0.2, 0.25) is 5.02 Å². The van der Waals surface area contributed by atoms with Gasteiger partial charge in [-0.1, -0.05) is 23.7 Å². The second-order valence-electron chi connectivity index (χ2n) is 4.37. The molecule has 0 aliphatic carbocycles. The van der Waals surface area contributed by atoms with Crippen LogP contribution >= 0.6 is 11.6 Å². The zero-order chi connectivity index (χ0) is 12.0. The molecule has 0 aromatic heterocycles. The second kappa shape index (κ2) is 3.89. The molecule has 2 aliphatic rings. The number of anilines is 1.